The molecule has 1 heterocycles. The number of hydrogen-bond donors (Lipinski definition) is 1. The largest absolute Gasteiger partial charge is 0.427 e. The molecule has 0 saturated heterocycles. The Kier molecular flexibility index (Phi) is 5.47. The molecule has 0 aliphatic heterocycles. The van der Waals surface area contributed by atoms with Crippen LogP contribution in [0, 0.1) is 0 Å². The smallest absolute Gasteiger partial charge is 0.310 e. The standard InChI is InChI=1S/C33H33BO2S/c1-31(2)26-12-8-7-10-22(26)23-16-14-21(19-27(23)31)20-15-17-29-25(18-20)24-11-9-13-28(30(24)37-29)34-36-33(5,6)32(3,4)35/h7-19,34-35H,1-6H3. The minimum atomic E-state index is -0.929. The summed E-state index contributed by atoms with van der Waals surface area (Å²) in [6.45, 7) is 12.2. The molecule has 0 saturated carbocycles. The lowest BCUT2D eigenvalue weighted by molar-refractivity contribution is -0.0893. The zero-order valence-electron chi connectivity index (χ0n) is 22.5. The molecule has 1 aliphatic carbocycles. The Morgan fingerprint density at radius 2 is 1.46 bits per heavy atom. The summed E-state index contributed by atoms with van der Waals surface area (Å²) in [5.41, 5.74) is 7.59. The highest BCUT2D eigenvalue weighted by atomic mass is 32.1. The Labute approximate surface area is 224 Å². The van der Waals surface area contributed by atoms with Gasteiger partial charge in [0, 0.05) is 20.2 Å². The fourth-order valence-electron chi connectivity index (χ4n) is 5.47. The van der Waals surface area contributed by atoms with E-state index in [-0.39, 0.29) is 5.41 Å². The van der Waals surface area contributed by atoms with Crippen molar-refractivity contribution in [2.45, 2.75) is 58.2 Å². The Balaban J connectivity index is 1.40. The Morgan fingerprint density at radius 3 is 2.24 bits per heavy atom. The summed E-state index contributed by atoms with van der Waals surface area (Å²) in [7, 11) is 0.467. The molecular formula is C33H33BO2S. The molecule has 6 rings (SSSR count). The molecule has 0 spiro atoms. The molecule has 4 heteroatoms. The van der Waals surface area contributed by atoms with Crippen LogP contribution in [0.1, 0.15) is 52.7 Å². The molecule has 0 atom stereocenters. The quantitative estimate of drug-likeness (QED) is 0.250. The predicted octanol–water partition coefficient (Wildman–Crippen LogP) is 7.57. The number of rotatable bonds is 5. The predicted molar refractivity (Wildman–Crippen MR) is 161 cm³/mol. The van der Waals surface area contributed by atoms with Crippen molar-refractivity contribution in [2.75, 3.05) is 0 Å². The fourth-order valence-corrected chi connectivity index (χ4v) is 6.65. The van der Waals surface area contributed by atoms with E-state index in [4.69, 9.17) is 4.65 Å². The average molecular weight is 505 g/mol. The normalized spacial score (nSPS) is 14.7. The number of aliphatic hydroxyl groups is 1. The number of thiophene rings is 1. The summed E-state index contributed by atoms with van der Waals surface area (Å²) in [6, 6.07) is 29.1. The monoisotopic (exact) mass is 504 g/mol. The summed E-state index contributed by atoms with van der Waals surface area (Å²) >= 11 is 1.82. The van der Waals surface area contributed by atoms with Gasteiger partial charge in [-0.25, -0.2) is 0 Å². The van der Waals surface area contributed by atoms with E-state index in [0.717, 1.165) is 5.46 Å². The first-order chi connectivity index (χ1) is 17.5. The van der Waals surface area contributed by atoms with Gasteiger partial charge in [0.1, 0.15) is 0 Å². The van der Waals surface area contributed by atoms with E-state index < -0.39 is 11.2 Å². The molecule has 5 aromatic rings. The van der Waals surface area contributed by atoms with Gasteiger partial charge in [0.05, 0.1) is 11.2 Å². The first-order valence-electron chi connectivity index (χ1n) is 13.0. The van der Waals surface area contributed by atoms with Crippen LogP contribution in [0.2, 0.25) is 0 Å². The molecular weight excluding hydrogens is 471 g/mol. The highest BCUT2D eigenvalue weighted by Crippen LogP contribution is 2.49. The van der Waals surface area contributed by atoms with Gasteiger partial charge in [-0.2, -0.15) is 0 Å². The van der Waals surface area contributed by atoms with Gasteiger partial charge in [0.25, 0.3) is 0 Å². The third kappa shape index (κ3) is 3.85. The van der Waals surface area contributed by atoms with E-state index in [0.29, 0.717) is 7.48 Å². The van der Waals surface area contributed by atoms with Crippen LogP contribution in [0.15, 0.2) is 78.9 Å². The van der Waals surface area contributed by atoms with Crippen molar-refractivity contribution in [3.05, 3.63) is 90.0 Å². The molecule has 2 nitrogen and oxygen atoms in total. The molecule has 0 fully saturated rings. The van der Waals surface area contributed by atoms with Gasteiger partial charge in [0.2, 0.25) is 0 Å². The van der Waals surface area contributed by atoms with Crippen molar-refractivity contribution in [3.8, 4) is 22.3 Å². The highest BCUT2D eigenvalue weighted by Gasteiger charge is 2.36. The maximum Gasteiger partial charge on any atom is 0.310 e. The van der Waals surface area contributed by atoms with Gasteiger partial charge in [-0.3, -0.25) is 0 Å². The van der Waals surface area contributed by atoms with Crippen molar-refractivity contribution >= 4 is 44.5 Å². The van der Waals surface area contributed by atoms with Crippen molar-refractivity contribution in [1.29, 1.82) is 0 Å². The second-order valence-electron chi connectivity index (χ2n) is 11.9. The van der Waals surface area contributed by atoms with Gasteiger partial charge < -0.3 is 9.76 Å². The van der Waals surface area contributed by atoms with Crippen LogP contribution >= 0.6 is 11.3 Å². The molecule has 0 amide bonds. The molecule has 37 heavy (non-hydrogen) atoms. The minimum Gasteiger partial charge on any atom is -0.427 e. The number of hydrogen-bond acceptors (Lipinski definition) is 3. The number of benzene rings is 4. The summed E-state index contributed by atoms with van der Waals surface area (Å²) < 4.78 is 8.76. The maximum atomic E-state index is 10.5. The Hall–Kier alpha value is -2.92. The summed E-state index contributed by atoms with van der Waals surface area (Å²) in [5.74, 6) is 0. The second kappa shape index (κ2) is 8.29. The zero-order chi connectivity index (χ0) is 26.2. The molecule has 4 aromatic carbocycles. The highest BCUT2D eigenvalue weighted by molar-refractivity contribution is 7.27. The summed E-state index contributed by atoms with van der Waals surface area (Å²) in [4.78, 5) is 0. The third-order valence-corrected chi connectivity index (χ3v) is 9.82. The van der Waals surface area contributed by atoms with Crippen LogP contribution in [0.4, 0.5) is 0 Å². The molecule has 0 bridgehead atoms. The van der Waals surface area contributed by atoms with Crippen molar-refractivity contribution in [2.24, 2.45) is 0 Å². The maximum absolute atomic E-state index is 10.5. The lowest BCUT2D eigenvalue weighted by Crippen LogP contribution is -2.49. The van der Waals surface area contributed by atoms with Gasteiger partial charge in [-0.05, 0) is 90.1 Å². The molecule has 0 radical (unpaired) electrons. The van der Waals surface area contributed by atoms with Gasteiger partial charge >= 0.3 is 7.48 Å². The summed E-state index contributed by atoms with van der Waals surface area (Å²) in [5, 5.41) is 13.1. The van der Waals surface area contributed by atoms with Crippen LogP contribution in [0.3, 0.4) is 0 Å². The van der Waals surface area contributed by atoms with E-state index in [1.807, 2.05) is 25.2 Å². The van der Waals surface area contributed by atoms with Crippen LogP contribution in [0.25, 0.3) is 42.4 Å². The first kappa shape index (κ1) is 24.4. The van der Waals surface area contributed by atoms with E-state index >= 15 is 0 Å². The number of fused-ring (bicyclic) bond motifs is 6. The van der Waals surface area contributed by atoms with Crippen LogP contribution in [-0.4, -0.2) is 23.8 Å². The van der Waals surface area contributed by atoms with E-state index in [9.17, 15) is 5.11 Å². The molecule has 186 valence electrons. The van der Waals surface area contributed by atoms with Crippen molar-refractivity contribution in [1.82, 2.24) is 0 Å². The van der Waals surface area contributed by atoms with E-state index in [1.54, 1.807) is 13.8 Å². The lowest BCUT2D eigenvalue weighted by Gasteiger charge is -2.37. The minimum absolute atomic E-state index is 0.00701. The van der Waals surface area contributed by atoms with Crippen molar-refractivity contribution < 1.29 is 9.76 Å². The lowest BCUT2D eigenvalue weighted by atomic mass is 9.81. The van der Waals surface area contributed by atoms with Gasteiger partial charge in [0.15, 0.2) is 0 Å². The topological polar surface area (TPSA) is 29.5 Å². The zero-order valence-corrected chi connectivity index (χ0v) is 23.3. The average Bonchev–Trinajstić information content (AvgIpc) is 3.35. The first-order valence-corrected chi connectivity index (χ1v) is 13.8. The van der Waals surface area contributed by atoms with Crippen LogP contribution in [0.5, 0.6) is 0 Å². The van der Waals surface area contributed by atoms with E-state index in [1.165, 1.54) is 53.6 Å². The van der Waals surface area contributed by atoms with Gasteiger partial charge in [-0.15, -0.1) is 11.3 Å². The fraction of sp³-hybridized carbons (Fsp3) is 0.273. The Morgan fingerprint density at radius 1 is 0.757 bits per heavy atom. The Bertz CT molecular complexity index is 1670. The molecule has 0 unspecified atom stereocenters. The van der Waals surface area contributed by atoms with Crippen molar-refractivity contribution in [3.63, 3.8) is 0 Å². The second-order valence-corrected chi connectivity index (χ2v) is 12.9. The SMILES string of the molecule is CC1(C)c2ccccc2-c2ccc(-c3ccc4sc5c(BOC(C)(C)C(C)(C)O)cccc5c4c3)cc21. The van der Waals surface area contributed by atoms with Gasteiger partial charge in [-0.1, -0.05) is 74.5 Å². The van der Waals surface area contributed by atoms with Crippen LogP contribution < -0.4 is 5.46 Å². The molecule has 1 N–H and O–H groups in total. The van der Waals surface area contributed by atoms with Crippen LogP contribution in [-0.2, 0) is 10.1 Å². The molecule has 1 aliphatic rings. The van der Waals surface area contributed by atoms with E-state index in [2.05, 4.69) is 92.7 Å². The molecule has 1 aromatic heterocycles. The summed E-state index contributed by atoms with van der Waals surface area (Å²) in [6.07, 6.45) is 0. The third-order valence-electron chi connectivity index (χ3n) is 8.56.